The van der Waals surface area contributed by atoms with Gasteiger partial charge >= 0.3 is 0 Å². The fraction of sp³-hybridized carbons (Fsp3) is 0.357. The number of rotatable bonds is 7. The first-order valence-electron chi connectivity index (χ1n) is 5.83. The Hall–Kier alpha value is -1.57. The summed E-state index contributed by atoms with van der Waals surface area (Å²) in [7, 11) is 0. The van der Waals surface area contributed by atoms with Crippen molar-refractivity contribution < 1.29 is 0 Å². The van der Waals surface area contributed by atoms with Crippen molar-refractivity contribution in [3.63, 3.8) is 0 Å². The summed E-state index contributed by atoms with van der Waals surface area (Å²) in [4.78, 5) is 1.92. The summed E-state index contributed by atoms with van der Waals surface area (Å²) < 4.78 is 0. The summed E-state index contributed by atoms with van der Waals surface area (Å²) in [6.07, 6.45) is 8.72. The fourth-order valence-electron chi connectivity index (χ4n) is 1.46. The molecular weight excluding hydrogens is 196 g/mol. The van der Waals surface area contributed by atoms with Gasteiger partial charge < -0.3 is 4.90 Å². The van der Waals surface area contributed by atoms with Crippen LogP contribution in [0.4, 0.5) is 0 Å². The standard InChI is InChI=1S/C14H20N2/c1-2-3-7-11-16(13-15)12-10-14-8-5-4-6-9-14/h4-9,11,13,15H,2-3,10,12H2,1H3/b11-7+,15-13?. The Balaban J connectivity index is 2.37. The third kappa shape index (κ3) is 4.78. The van der Waals surface area contributed by atoms with Crippen molar-refractivity contribution in [2.45, 2.75) is 26.2 Å². The molecule has 0 aliphatic carbocycles. The molecule has 0 saturated carbocycles. The quantitative estimate of drug-likeness (QED) is 0.548. The zero-order valence-corrected chi connectivity index (χ0v) is 9.89. The number of unbranched alkanes of at least 4 members (excludes halogenated alkanes) is 1. The first-order chi connectivity index (χ1) is 7.86. The molecule has 1 aromatic carbocycles. The molecule has 0 aromatic heterocycles. The summed E-state index contributed by atoms with van der Waals surface area (Å²) >= 11 is 0. The molecule has 2 heteroatoms. The molecule has 0 saturated heterocycles. The highest BCUT2D eigenvalue weighted by atomic mass is 15.1. The Labute approximate surface area is 98.1 Å². The van der Waals surface area contributed by atoms with Crippen molar-refractivity contribution in [2.75, 3.05) is 6.54 Å². The van der Waals surface area contributed by atoms with Crippen molar-refractivity contribution >= 4 is 6.34 Å². The molecule has 0 amide bonds. The van der Waals surface area contributed by atoms with Crippen LogP contribution in [0.1, 0.15) is 25.3 Å². The monoisotopic (exact) mass is 216 g/mol. The average molecular weight is 216 g/mol. The molecule has 0 aliphatic heterocycles. The Morgan fingerprint density at radius 3 is 2.62 bits per heavy atom. The van der Waals surface area contributed by atoms with Gasteiger partial charge in [0.1, 0.15) is 0 Å². The van der Waals surface area contributed by atoms with Gasteiger partial charge in [-0.25, -0.2) is 0 Å². The number of nitrogens with one attached hydrogen (secondary N) is 1. The molecule has 0 unspecified atom stereocenters. The highest BCUT2D eigenvalue weighted by Gasteiger charge is 1.96. The number of benzene rings is 1. The average Bonchev–Trinajstić information content (AvgIpc) is 2.35. The number of hydrogen-bond acceptors (Lipinski definition) is 1. The molecule has 1 rings (SSSR count). The van der Waals surface area contributed by atoms with Gasteiger partial charge in [-0.3, -0.25) is 5.41 Å². The molecule has 0 radical (unpaired) electrons. The molecular formula is C14H20N2. The van der Waals surface area contributed by atoms with Crippen LogP contribution in [0.25, 0.3) is 0 Å². The lowest BCUT2D eigenvalue weighted by Gasteiger charge is -2.13. The van der Waals surface area contributed by atoms with Crippen LogP contribution in [-0.2, 0) is 6.42 Å². The van der Waals surface area contributed by atoms with Gasteiger partial charge in [0.15, 0.2) is 0 Å². The Morgan fingerprint density at radius 2 is 2.00 bits per heavy atom. The Morgan fingerprint density at radius 1 is 1.25 bits per heavy atom. The van der Waals surface area contributed by atoms with Crippen LogP contribution in [0.2, 0.25) is 0 Å². The fourth-order valence-corrected chi connectivity index (χ4v) is 1.46. The zero-order chi connectivity index (χ0) is 11.6. The lowest BCUT2D eigenvalue weighted by Crippen LogP contribution is -2.17. The van der Waals surface area contributed by atoms with Gasteiger partial charge in [0.25, 0.3) is 0 Å². The van der Waals surface area contributed by atoms with E-state index in [1.165, 1.54) is 11.9 Å². The largest absolute Gasteiger partial charge is 0.340 e. The van der Waals surface area contributed by atoms with Crippen molar-refractivity contribution in [3.05, 3.63) is 48.2 Å². The predicted octanol–water partition coefficient (Wildman–Crippen LogP) is 3.45. The van der Waals surface area contributed by atoms with E-state index in [-0.39, 0.29) is 0 Å². The summed E-state index contributed by atoms with van der Waals surface area (Å²) in [5.41, 5.74) is 1.32. The SMILES string of the molecule is CCC/C=C/N(C=N)CCc1ccccc1. The lowest BCUT2D eigenvalue weighted by molar-refractivity contribution is 0.567. The summed E-state index contributed by atoms with van der Waals surface area (Å²) in [5, 5.41) is 7.31. The van der Waals surface area contributed by atoms with Crippen molar-refractivity contribution in [2.24, 2.45) is 0 Å². The summed E-state index contributed by atoms with van der Waals surface area (Å²) in [6.45, 7) is 3.02. The van der Waals surface area contributed by atoms with E-state index in [1.807, 2.05) is 17.2 Å². The third-order valence-corrected chi connectivity index (χ3v) is 2.42. The minimum atomic E-state index is 0.869. The second kappa shape index (κ2) is 7.69. The topological polar surface area (TPSA) is 27.1 Å². The molecule has 1 N–H and O–H groups in total. The van der Waals surface area contributed by atoms with Crippen LogP contribution in [-0.4, -0.2) is 17.8 Å². The highest BCUT2D eigenvalue weighted by Crippen LogP contribution is 2.01. The number of nitrogens with zero attached hydrogens (tertiary/aromatic N) is 1. The smallest absolute Gasteiger partial charge is 0.0857 e. The molecule has 0 aliphatic rings. The maximum Gasteiger partial charge on any atom is 0.0857 e. The van der Waals surface area contributed by atoms with Crippen molar-refractivity contribution in [3.8, 4) is 0 Å². The Kier molecular flexibility index (Phi) is 6.00. The number of hydrogen-bond donors (Lipinski definition) is 1. The van der Waals surface area contributed by atoms with Gasteiger partial charge in [0.05, 0.1) is 6.34 Å². The minimum absolute atomic E-state index is 0.869. The molecule has 0 heterocycles. The van der Waals surface area contributed by atoms with E-state index in [1.54, 1.807) is 0 Å². The van der Waals surface area contributed by atoms with Crippen molar-refractivity contribution in [1.29, 1.82) is 5.41 Å². The molecule has 0 bridgehead atoms. The van der Waals surface area contributed by atoms with Gasteiger partial charge in [-0.15, -0.1) is 0 Å². The minimum Gasteiger partial charge on any atom is -0.340 e. The van der Waals surface area contributed by atoms with E-state index >= 15 is 0 Å². The van der Waals surface area contributed by atoms with Gasteiger partial charge in [-0.1, -0.05) is 49.8 Å². The molecule has 2 nitrogen and oxygen atoms in total. The van der Waals surface area contributed by atoms with Gasteiger partial charge in [-0.05, 0) is 18.4 Å². The van der Waals surface area contributed by atoms with Crippen LogP contribution < -0.4 is 0 Å². The van der Waals surface area contributed by atoms with Gasteiger partial charge in [-0.2, -0.15) is 0 Å². The van der Waals surface area contributed by atoms with Gasteiger partial charge in [0, 0.05) is 12.7 Å². The molecule has 0 atom stereocenters. The first-order valence-corrected chi connectivity index (χ1v) is 5.83. The highest BCUT2D eigenvalue weighted by molar-refractivity contribution is 5.52. The second-order valence-corrected chi connectivity index (χ2v) is 3.78. The van der Waals surface area contributed by atoms with E-state index < -0.39 is 0 Å². The van der Waals surface area contributed by atoms with E-state index in [2.05, 4.69) is 37.3 Å². The molecule has 86 valence electrons. The molecule has 0 spiro atoms. The van der Waals surface area contributed by atoms with Crippen molar-refractivity contribution in [1.82, 2.24) is 4.90 Å². The maximum atomic E-state index is 7.31. The van der Waals surface area contributed by atoms with Crippen LogP contribution in [0.5, 0.6) is 0 Å². The van der Waals surface area contributed by atoms with E-state index in [0.717, 1.165) is 25.8 Å². The molecule has 1 aromatic rings. The Bertz CT molecular complexity index is 317. The van der Waals surface area contributed by atoms with Crippen LogP contribution in [0.3, 0.4) is 0 Å². The second-order valence-electron chi connectivity index (χ2n) is 3.78. The van der Waals surface area contributed by atoms with Gasteiger partial charge in [0.2, 0.25) is 0 Å². The maximum absolute atomic E-state index is 7.31. The first kappa shape index (κ1) is 12.5. The van der Waals surface area contributed by atoms with Crippen LogP contribution in [0.15, 0.2) is 42.6 Å². The van der Waals surface area contributed by atoms with Crippen LogP contribution >= 0.6 is 0 Å². The zero-order valence-electron chi connectivity index (χ0n) is 9.89. The normalized spacial score (nSPS) is 10.6. The van der Waals surface area contributed by atoms with E-state index in [9.17, 15) is 0 Å². The third-order valence-electron chi connectivity index (χ3n) is 2.42. The lowest BCUT2D eigenvalue weighted by atomic mass is 10.1. The van der Waals surface area contributed by atoms with Crippen LogP contribution in [0, 0.1) is 5.41 Å². The molecule has 16 heavy (non-hydrogen) atoms. The van der Waals surface area contributed by atoms with E-state index in [0.29, 0.717) is 0 Å². The predicted molar refractivity (Wildman–Crippen MR) is 69.7 cm³/mol. The number of allylic oxidation sites excluding steroid dienone is 1. The van der Waals surface area contributed by atoms with E-state index in [4.69, 9.17) is 5.41 Å². The summed E-state index contributed by atoms with van der Waals surface area (Å²) in [6, 6.07) is 10.4. The summed E-state index contributed by atoms with van der Waals surface area (Å²) in [5.74, 6) is 0. The molecule has 0 fully saturated rings.